The lowest BCUT2D eigenvalue weighted by Gasteiger charge is -2.40. The summed E-state index contributed by atoms with van der Waals surface area (Å²) in [6.45, 7) is 0.298. The molecular weight excluding hydrogens is 491 g/mol. The number of nitrogens with zero attached hydrogens (tertiary/aromatic N) is 2. The first-order valence-electron chi connectivity index (χ1n) is 11.1. The smallest absolute Gasteiger partial charge is 0.354 e. The topological polar surface area (TPSA) is 79.4 Å². The zero-order valence-electron chi connectivity index (χ0n) is 18.3. The quantitative estimate of drug-likeness (QED) is 0.629. The van der Waals surface area contributed by atoms with Crippen molar-refractivity contribution < 1.29 is 26.4 Å². The molecule has 6 rings (SSSR count). The Hall–Kier alpha value is -2.33. The zero-order chi connectivity index (χ0) is 23.4. The van der Waals surface area contributed by atoms with Gasteiger partial charge >= 0.3 is 6.18 Å². The SMILES string of the molecule is Cl.O=C(c1ncc(Nc2cccc(C(F)(F)F)c2)c2c1C1CCC2CC1)N1CCS(=O)(=O)CC1. The van der Waals surface area contributed by atoms with Crippen LogP contribution in [0.15, 0.2) is 30.5 Å². The first kappa shape index (κ1) is 24.8. The van der Waals surface area contributed by atoms with Crippen molar-refractivity contribution in [2.45, 2.75) is 43.7 Å². The van der Waals surface area contributed by atoms with Crippen LogP contribution in [0.1, 0.15) is 64.7 Å². The number of hydrogen-bond donors (Lipinski definition) is 1. The van der Waals surface area contributed by atoms with Gasteiger partial charge in [-0.05, 0) is 66.8 Å². The van der Waals surface area contributed by atoms with Gasteiger partial charge in [-0.25, -0.2) is 13.4 Å². The summed E-state index contributed by atoms with van der Waals surface area (Å²) in [7, 11) is -3.12. The van der Waals surface area contributed by atoms with E-state index in [4.69, 9.17) is 0 Å². The minimum Gasteiger partial charge on any atom is -0.354 e. The summed E-state index contributed by atoms with van der Waals surface area (Å²) in [6, 6.07) is 5.04. The molecule has 6 nitrogen and oxygen atoms in total. The van der Waals surface area contributed by atoms with Crippen LogP contribution in [0.2, 0.25) is 0 Å². The van der Waals surface area contributed by atoms with Gasteiger partial charge in [-0.15, -0.1) is 12.4 Å². The lowest BCUT2D eigenvalue weighted by Crippen LogP contribution is -2.44. The Morgan fingerprint density at radius 3 is 2.26 bits per heavy atom. The van der Waals surface area contributed by atoms with Gasteiger partial charge in [-0.1, -0.05) is 6.07 Å². The van der Waals surface area contributed by atoms with Gasteiger partial charge < -0.3 is 10.2 Å². The van der Waals surface area contributed by atoms with Crippen LogP contribution in [-0.4, -0.2) is 48.8 Å². The summed E-state index contributed by atoms with van der Waals surface area (Å²) >= 11 is 0. The fraction of sp³-hybridized carbons (Fsp3) is 0.478. The Morgan fingerprint density at radius 2 is 1.65 bits per heavy atom. The van der Waals surface area contributed by atoms with Crippen molar-refractivity contribution in [1.82, 2.24) is 9.88 Å². The molecule has 1 aromatic heterocycles. The van der Waals surface area contributed by atoms with Gasteiger partial charge in [0.05, 0.1) is 29.0 Å². The second kappa shape index (κ2) is 9.03. The van der Waals surface area contributed by atoms with Crippen molar-refractivity contribution in [2.24, 2.45) is 0 Å². The molecule has 4 aliphatic rings. The van der Waals surface area contributed by atoms with E-state index in [-0.39, 0.29) is 54.7 Å². The third-order valence-electron chi connectivity index (χ3n) is 7.00. The number of carbonyl (C=O) groups excluding carboxylic acids is 1. The van der Waals surface area contributed by atoms with Gasteiger partial charge in [0.1, 0.15) is 5.69 Å². The number of rotatable bonds is 3. The molecule has 2 heterocycles. The van der Waals surface area contributed by atoms with E-state index in [1.165, 1.54) is 12.3 Å². The monoisotopic (exact) mass is 515 g/mol. The highest BCUT2D eigenvalue weighted by Gasteiger charge is 2.40. The van der Waals surface area contributed by atoms with Crippen molar-refractivity contribution in [3.05, 3.63) is 52.8 Å². The fourth-order valence-corrected chi connectivity index (χ4v) is 6.53. The molecule has 11 heteroatoms. The molecule has 2 aromatic rings. The molecular formula is C23H25ClF3N3O3S. The molecule has 0 radical (unpaired) electrons. The first-order chi connectivity index (χ1) is 15.6. The summed E-state index contributed by atoms with van der Waals surface area (Å²) in [5.41, 5.74) is 2.42. The molecule has 3 aliphatic carbocycles. The lowest BCUT2D eigenvalue weighted by molar-refractivity contribution is -0.137. The molecule has 1 aromatic carbocycles. The van der Waals surface area contributed by atoms with Crippen molar-refractivity contribution in [1.29, 1.82) is 0 Å². The van der Waals surface area contributed by atoms with Crippen molar-refractivity contribution in [3.8, 4) is 0 Å². The van der Waals surface area contributed by atoms with Gasteiger partial charge in [0, 0.05) is 18.8 Å². The lowest BCUT2D eigenvalue weighted by atomic mass is 9.66. The number of benzene rings is 1. The molecule has 1 N–H and O–H groups in total. The number of nitrogens with one attached hydrogen (secondary N) is 1. The number of carbonyl (C=O) groups is 1. The van der Waals surface area contributed by atoms with E-state index in [1.54, 1.807) is 11.0 Å². The summed E-state index contributed by atoms with van der Waals surface area (Å²) < 4.78 is 63.0. The molecule has 184 valence electrons. The van der Waals surface area contributed by atoms with E-state index < -0.39 is 21.6 Å². The van der Waals surface area contributed by atoms with Gasteiger partial charge in [0.25, 0.3) is 5.91 Å². The standard InChI is InChI=1S/C23H24F3N3O3S.ClH/c24-23(25,26)16-2-1-3-17(12-16)28-18-13-27-21(20-15-6-4-14(5-7-15)19(18)20)22(30)29-8-10-33(31,32)11-9-29;/h1-3,12-15,28H,4-11H2;1H. The van der Waals surface area contributed by atoms with Crippen LogP contribution in [0.5, 0.6) is 0 Å². The second-order valence-corrected chi connectivity index (χ2v) is 11.3. The number of fused-ring (bicyclic) bond motifs is 2. The molecule has 2 bridgehead atoms. The van der Waals surface area contributed by atoms with E-state index in [0.29, 0.717) is 17.1 Å². The third-order valence-corrected chi connectivity index (χ3v) is 8.61. The second-order valence-electron chi connectivity index (χ2n) is 9.04. The highest BCUT2D eigenvalue weighted by atomic mass is 35.5. The van der Waals surface area contributed by atoms with Gasteiger partial charge in [0.2, 0.25) is 0 Å². The van der Waals surface area contributed by atoms with Crippen LogP contribution < -0.4 is 5.32 Å². The number of anilines is 2. The number of amides is 1. The molecule has 1 amide bonds. The molecule has 2 fully saturated rings. The van der Waals surface area contributed by atoms with Gasteiger partial charge in [-0.2, -0.15) is 13.2 Å². The molecule has 1 saturated heterocycles. The normalized spacial score (nSPS) is 23.1. The molecule has 34 heavy (non-hydrogen) atoms. The highest BCUT2D eigenvalue weighted by Crippen LogP contribution is 2.53. The Morgan fingerprint density at radius 1 is 1.03 bits per heavy atom. The molecule has 0 unspecified atom stereocenters. The van der Waals surface area contributed by atoms with E-state index in [1.807, 2.05) is 0 Å². The van der Waals surface area contributed by atoms with E-state index in [9.17, 15) is 26.4 Å². The molecule has 0 atom stereocenters. The number of hydrogen-bond acceptors (Lipinski definition) is 5. The van der Waals surface area contributed by atoms with Crippen LogP contribution in [0.3, 0.4) is 0 Å². The minimum atomic E-state index is -4.44. The average Bonchev–Trinajstić information content (AvgIpc) is 2.79. The van der Waals surface area contributed by atoms with Crippen LogP contribution >= 0.6 is 12.4 Å². The number of sulfone groups is 1. The summed E-state index contributed by atoms with van der Waals surface area (Å²) in [5.74, 6) is 0.0202. The fourth-order valence-electron chi connectivity index (χ4n) is 5.33. The molecule has 0 spiro atoms. The number of alkyl halides is 3. The predicted molar refractivity (Wildman–Crippen MR) is 125 cm³/mol. The summed E-state index contributed by atoms with van der Waals surface area (Å²) in [6.07, 6.45) is 0.922. The molecule has 1 aliphatic heterocycles. The summed E-state index contributed by atoms with van der Waals surface area (Å²) in [5, 5.41) is 3.12. The molecule has 1 saturated carbocycles. The van der Waals surface area contributed by atoms with E-state index in [2.05, 4.69) is 10.3 Å². The zero-order valence-corrected chi connectivity index (χ0v) is 19.9. The number of aromatic nitrogens is 1. The Labute approximate surface area is 202 Å². The van der Waals surface area contributed by atoms with Crippen molar-refractivity contribution in [2.75, 3.05) is 29.9 Å². The summed E-state index contributed by atoms with van der Waals surface area (Å²) in [4.78, 5) is 19.3. The third kappa shape index (κ3) is 4.62. The first-order valence-corrected chi connectivity index (χ1v) is 12.9. The highest BCUT2D eigenvalue weighted by molar-refractivity contribution is 7.91. The largest absolute Gasteiger partial charge is 0.416 e. The average molecular weight is 516 g/mol. The minimum absolute atomic E-state index is 0. The van der Waals surface area contributed by atoms with Crippen LogP contribution in [-0.2, 0) is 16.0 Å². The maximum atomic E-state index is 13.3. The Bertz CT molecular complexity index is 1200. The van der Waals surface area contributed by atoms with Gasteiger partial charge in [-0.3, -0.25) is 4.79 Å². The van der Waals surface area contributed by atoms with E-state index in [0.717, 1.165) is 48.9 Å². The Balaban J connectivity index is 0.00000274. The van der Waals surface area contributed by atoms with E-state index >= 15 is 0 Å². The number of halogens is 4. The van der Waals surface area contributed by atoms with Crippen molar-refractivity contribution in [3.63, 3.8) is 0 Å². The van der Waals surface area contributed by atoms with Crippen LogP contribution in [0.4, 0.5) is 24.5 Å². The number of pyridine rings is 1. The van der Waals surface area contributed by atoms with Crippen molar-refractivity contribution >= 4 is 39.5 Å². The van der Waals surface area contributed by atoms with Crippen LogP contribution in [0, 0.1) is 0 Å². The maximum absolute atomic E-state index is 13.3. The predicted octanol–water partition coefficient (Wildman–Crippen LogP) is 4.89. The van der Waals surface area contributed by atoms with Crippen LogP contribution in [0.25, 0.3) is 0 Å². The maximum Gasteiger partial charge on any atom is 0.416 e. The Kier molecular flexibility index (Phi) is 6.58. The van der Waals surface area contributed by atoms with Gasteiger partial charge in [0.15, 0.2) is 9.84 Å².